The van der Waals surface area contributed by atoms with E-state index in [2.05, 4.69) is 26.1 Å². The lowest BCUT2D eigenvalue weighted by molar-refractivity contribution is -0.121. The third kappa shape index (κ3) is 3.78. The van der Waals surface area contributed by atoms with Crippen LogP contribution in [0.15, 0.2) is 22.7 Å². The largest absolute Gasteiger partial charge is 0.478 e. The maximum atomic E-state index is 11.5. The molecule has 0 unspecified atom stereocenters. The average Bonchev–Trinajstić information content (AvgIpc) is 2.56. The van der Waals surface area contributed by atoms with E-state index in [0.29, 0.717) is 19.6 Å². The predicted octanol–water partition coefficient (Wildman–Crippen LogP) is 1.47. The first-order valence-corrected chi connectivity index (χ1v) is 6.86. The third-order valence-electron chi connectivity index (χ3n) is 3.03. The number of hydrogen-bond donors (Lipinski definition) is 2. The number of hydrogen-bond acceptors (Lipinski definition) is 3. The molecule has 102 valence electrons. The molecule has 0 radical (unpaired) electrons. The van der Waals surface area contributed by atoms with Crippen LogP contribution in [0, 0.1) is 0 Å². The highest BCUT2D eigenvalue weighted by Gasteiger charge is 2.16. The van der Waals surface area contributed by atoms with E-state index in [1.165, 1.54) is 0 Å². The van der Waals surface area contributed by atoms with E-state index in [1.807, 2.05) is 0 Å². The average molecular weight is 327 g/mol. The van der Waals surface area contributed by atoms with Crippen LogP contribution in [-0.4, -0.2) is 41.5 Å². The van der Waals surface area contributed by atoms with Crippen molar-refractivity contribution < 1.29 is 14.7 Å². The number of aromatic carboxylic acids is 1. The molecule has 1 aromatic rings. The summed E-state index contributed by atoms with van der Waals surface area (Å²) in [4.78, 5) is 24.4. The van der Waals surface area contributed by atoms with Crippen molar-refractivity contribution in [3.05, 3.63) is 33.8 Å². The number of halogens is 1. The lowest BCUT2D eigenvalue weighted by atomic mass is 10.1. The summed E-state index contributed by atoms with van der Waals surface area (Å²) in [5.74, 6) is -0.905. The summed E-state index contributed by atoms with van der Waals surface area (Å²) < 4.78 is 0.761. The van der Waals surface area contributed by atoms with Crippen LogP contribution in [0.2, 0.25) is 0 Å². The monoisotopic (exact) mass is 326 g/mol. The maximum absolute atomic E-state index is 11.5. The van der Waals surface area contributed by atoms with Crippen LogP contribution in [0.3, 0.4) is 0 Å². The molecule has 1 aliphatic rings. The van der Waals surface area contributed by atoms with E-state index in [-0.39, 0.29) is 11.5 Å². The Kier molecular flexibility index (Phi) is 4.55. The third-order valence-corrected chi connectivity index (χ3v) is 3.77. The van der Waals surface area contributed by atoms with Crippen LogP contribution in [-0.2, 0) is 11.3 Å². The highest BCUT2D eigenvalue weighted by Crippen LogP contribution is 2.20. The number of amides is 1. The zero-order valence-corrected chi connectivity index (χ0v) is 11.9. The Morgan fingerprint density at radius 1 is 1.47 bits per heavy atom. The van der Waals surface area contributed by atoms with E-state index in [0.717, 1.165) is 23.0 Å². The molecule has 0 aromatic heterocycles. The molecule has 2 N–H and O–H groups in total. The first kappa shape index (κ1) is 14.0. The number of carboxylic acids is 1. The number of benzene rings is 1. The Morgan fingerprint density at radius 3 is 2.95 bits per heavy atom. The van der Waals surface area contributed by atoms with Crippen molar-refractivity contribution in [1.82, 2.24) is 10.2 Å². The quantitative estimate of drug-likeness (QED) is 0.882. The topological polar surface area (TPSA) is 69.6 Å². The zero-order chi connectivity index (χ0) is 13.8. The highest BCUT2D eigenvalue weighted by atomic mass is 79.9. The number of carbonyl (C=O) groups excluding carboxylic acids is 1. The van der Waals surface area contributed by atoms with Gasteiger partial charge in [0.25, 0.3) is 0 Å². The molecule has 5 nitrogen and oxygen atoms in total. The zero-order valence-electron chi connectivity index (χ0n) is 10.4. The van der Waals surface area contributed by atoms with E-state index in [4.69, 9.17) is 5.11 Å². The van der Waals surface area contributed by atoms with Crippen molar-refractivity contribution in [2.75, 3.05) is 19.6 Å². The van der Waals surface area contributed by atoms with Crippen molar-refractivity contribution in [3.63, 3.8) is 0 Å². The molecule has 0 atom stereocenters. The molecule has 0 bridgehead atoms. The van der Waals surface area contributed by atoms with Gasteiger partial charge in [-0.3, -0.25) is 9.69 Å². The minimum atomic E-state index is -0.943. The van der Waals surface area contributed by atoms with Gasteiger partial charge in [-0.25, -0.2) is 4.79 Å². The molecule has 6 heteroatoms. The molecule has 1 aromatic carbocycles. The summed E-state index contributed by atoms with van der Waals surface area (Å²) in [7, 11) is 0. The summed E-state index contributed by atoms with van der Waals surface area (Å²) in [6.07, 6.45) is 0.927. The minimum absolute atomic E-state index is 0.0378. The number of nitrogens with zero attached hydrogens (tertiary/aromatic N) is 1. The normalized spacial score (nSPS) is 16.8. The Morgan fingerprint density at radius 2 is 2.26 bits per heavy atom. The Balaban J connectivity index is 2.10. The van der Waals surface area contributed by atoms with Gasteiger partial charge in [0.1, 0.15) is 0 Å². The summed E-state index contributed by atoms with van der Waals surface area (Å²) in [6.45, 7) is 2.58. The second kappa shape index (κ2) is 6.16. The summed E-state index contributed by atoms with van der Waals surface area (Å²) in [6, 6.07) is 4.96. The lowest BCUT2D eigenvalue weighted by Crippen LogP contribution is -2.32. The second-order valence-electron chi connectivity index (χ2n) is 4.53. The van der Waals surface area contributed by atoms with Gasteiger partial charge in [-0.1, -0.05) is 22.0 Å². The van der Waals surface area contributed by atoms with Gasteiger partial charge >= 0.3 is 5.97 Å². The van der Waals surface area contributed by atoms with E-state index >= 15 is 0 Å². The molecule has 1 heterocycles. The van der Waals surface area contributed by atoms with Crippen molar-refractivity contribution in [2.24, 2.45) is 0 Å². The van der Waals surface area contributed by atoms with Crippen molar-refractivity contribution >= 4 is 27.8 Å². The van der Waals surface area contributed by atoms with E-state index in [1.54, 1.807) is 18.2 Å². The molecular formula is C13H15BrN2O3. The second-order valence-corrected chi connectivity index (χ2v) is 5.38. The van der Waals surface area contributed by atoms with E-state index < -0.39 is 5.97 Å². The highest BCUT2D eigenvalue weighted by molar-refractivity contribution is 9.10. The molecule has 19 heavy (non-hydrogen) atoms. The fourth-order valence-corrected chi connectivity index (χ4v) is 2.56. The summed E-state index contributed by atoms with van der Waals surface area (Å²) in [5.41, 5.74) is 1.24. The van der Waals surface area contributed by atoms with Crippen molar-refractivity contribution in [3.8, 4) is 0 Å². The number of carbonyl (C=O) groups is 2. The number of nitrogens with one attached hydrogen (secondary N) is 1. The van der Waals surface area contributed by atoms with Gasteiger partial charge in [0.2, 0.25) is 5.91 Å². The molecule has 0 saturated carbocycles. The molecule has 1 aliphatic heterocycles. The van der Waals surface area contributed by atoms with Gasteiger partial charge < -0.3 is 10.4 Å². The van der Waals surface area contributed by atoms with Crippen LogP contribution in [0.5, 0.6) is 0 Å². The molecule has 2 rings (SSSR count). The standard InChI is InChI=1S/C13H15BrN2O3/c14-11-6-9(13(18)19)2-3-10(11)7-16-5-1-4-15-12(17)8-16/h2-3,6H,1,4-5,7-8H2,(H,15,17)(H,18,19). The van der Waals surface area contributed by atoms with Crippen LogP contribution in [0.4, 0.5) is 0 Å². The fourth-order valence-electron chi connectivity index (χ4n) is 2.05. The van der Waals surface area contributed by atoms with Gasteiger partial charge in [0.15, 0.2) is 0 Å². The van der Waals surface area contributed by atoms with Gasteiger partial charge in [-0.05, 0) is 24.1 Å². The number of rotatable bonds is 3. The Labute approximate surface area is 119 Å². The minimum Gasteiger partial charge on any atom is -0.478 e. The van der Waals surface area contributed by atoms with Gasteiger partial charge in [-0.15, -0.1) is 0 Å². The Hall–Kier alpha value is -1.40. The molecular weight excluding hydrogens is 312 g/mol. The molecule has 1 fully saturated rings. The molecule has 0 aliphatic carbocycles. The van der Waals surface area contributed by atoms with Gasteiger partial charge in [0, 0.05) is 24.1 Å². The molecule has 1 amide bonds. The number of carboxylic acid groups (broad SMARTS) is 1. The fraction of sp³-hybridized carbons (Fsp3) is 0.385. The lowest BCUT2D eigenvalue weighted by Gasteiger charge is -2.19. The van der Waals surface area contributed by atoms with Gasteiger partial charge in [-0.2, -0.15) is 0 Å². The van der Waals surface area contributed by atoms with Gasteiger partial charge in [0.05, 0.1) is 12.1 Å². The van der Waals surface area contributed by atoms with E-state index in [9.17, 15) is 9.59 Å². The predicted molar refractivity (Wildman–Crippen MR) is 74.0 cm³/mol. The maximum Gasteiger partial charge on any atom is 0.335 e. The Bertz CT molecular complexity index is 505. The SMILES string of the molecule is O=C1CN(Cc2ccc(C(=O)O)cc2Br)CCCN1. The van der Waals surface area contributed by atoms with Crippen LogP contribution in [0.25, 0.3) is 0 Å². The molecule has 1 saturated heterocycles. The summed E-state index contributed by atoms with van der Waals surface area (Å²) in [5, 5.41) is 11.7. The van der Waals surface area contributed by atoms with Crippen LogP contribution >= 0.6 is 15.9 Å². The first-order valence-electron chi connectivity index (χ1n) is 6.07. The van der Waals surface area contributed by atoms with Crippen LogP contribution in [0.1, 0.15) is 22.3 Å². The first-order chi connectivity index (χ1) is 9.06. The molecule has 0 spiro atoms. The summed E-state index contributed by atoms with van der Waals surface area (Å²) >= 11 is 3.39. The van der Waals surface area contributed by atoms with Crippen LogP contribution < -0.4 is 5.32 Å². The smallest absolute Gasteiger partial charge is 0.335 e. The van der Waals surface area contributed by atoms with Crippen molar-refractivity contribution in [2.45, 2.75) is 13.0 Å². The van der Waals surface area contributed by atoms with Crippen molar-refractivity contribution in [1.29, 1.82) is 0 Å².